The van der Waals surface area contributed by atoms with Gasteiger partial charge in [-0.1, -0.05) is 0 Å². The van der Waals surface area contributed by atoms with Crippen LogP contribution in [0, 0.1) is 0 Å². The zero-order valence-electron chi connectivity index (χ0n) is 16.6. The van der Waals surface area contributed by atoms with E-state index in [2.05, 4.69) is 5.32 Å². The average Bonchev–Trinajstić information content (AvgIpc) is 2.60. The van der Waals surface area contributed by atoms with Crippen LogP contribution in [0.4, 0.5) is 0 Å². The minimum atomic E-state index is -1.14. The highest BCUT2D eigenvalue weighted by atomic mass is 35.5. The molecule has 0 aromatic rings. The van der Waals surface area contributed by atoms with Gasteiger partial charge in [0.05, 0.1) is 6.10 Å². The van der Waals surface area contributed by atoms with Gasteiger partial charge in [0.1, 0.15) is 24.2 Å². The van der Waals surface area contributed by atoms with Crippen LogP contribution in [0.5, 0.6) is 0 Å². The number of nitrogens with one attached hydrogen (secondary N) is 1. The summed E-state index contributed by atoms with van der Waals surface area (Å²) in [7, 11) is 0. The lowest BCUT2D eigenvalue weighted by molar-refractivity contribution is -0.211. The van der Waals surface area contributed by atoms with Crippen molar-refractivity contribution in [2.24, 2.45) is 0 Å². The number of amides is 1. The maximum absolute atomic E-state index is 11.7. The van der Waals surface area contributed by atoms with Gasteiger partial charge in [0.25, 0.3) is 0 Å². The number of hydrogen-bond donors (Lipinski definition) is 2. The molecule has 1 rings (SSSR count). The monoisotopic (exact) mass is 455 g/mol. The molecule has 12 heteroatoms. The number of hydrogen-bond acceptors (Lipinski definition) is 10. The molecule has 1 heterocycles. The summed E-state index contributed by atoms with van der Waals surface area (Å²) in [5.41, 5.74) is -0.812. The molecule has 1 aliphatic rings. The largest absolute Gasteiger partial charge is 0.463 e. The standard InChI is InChI=1S/C17H26ClNO9S/c1-8(20)19-14-16(27-11(4)23)15(26-10(3)22)13(6-25-9(2)21)28-17(14)29-7-12(24)5-18/h12-17,24H,5-7H2,1-4H3,(H,19,20)/t12-,13-,14+,15+,16-,17+/m1/s1. The highest BCUT2D eigenvalue weighted by Gasteiger charge is 2.50. The quantitative estimate of drug-likeness (QED) is 0.277. The van der Waals surface area contributed by atoms with Crippen LogP contribution in [-0.2, 0) is 38.1 Å². The topological polar surface area (TPSA) is 137 Å². The molecule has 10 nitrogen and oxygen atoms in total. The molecule has 0 saturated carbocycles. The molecular weight excluding hydrogens is 430 g/mol. The van der Waals surface area contributed by atoms with Gasteiger partial charge in [-0.2, -0.15) is 0 Å². The Bertz CT molecular complexity index is 605. The van der Waals surface area contributed by atoms with Gasteiger partial charge in [-0.25, -0.2) is 0 Å². The third kappa shape index (κ3) is 8.77. The summed E-state index contributed by atoms with van der Waals surface area (Å²) in [6, 6.07) is -0.901. The molecule has 0 spiro atoms. The maximum Gasteiger partial charge on any atom is 0.303 e. The van der Waals surface area contributed by atoms with E-state index in [1.807, 2.05) is 0 Å². The van der Waals surface area contributed by atoms with Crippen molar-refractivity contribution in [2.75, 3.05) is 18.2 Å². The van der Waals surface area contributed by atoms with Gasteiger partial charge < -0.3 is 29.4 Å². The maximum atomic E-state index is 11.7. The predicted octanol–water partition coefficient (Wildman–Crippen LogP) is -0.0246. The van der Waals surface area contributed by atoms with Crippen LogP contribution in [0.2, 0.25) is 0 Å². The van der Waals surface area contributed by atoms with Crippen molar-refractivity contribution in [3.8, 4) is 0 Å². The Morgan fingerprint density at radius 3 is 2.14 bits per heavy atom. The average molecular weight is 456 g/mol. The zero-order chi connectivity index (χ0) is 22.1. The highest BCUT2D eigenvalue weighted by molar-refractivity contribution is 7.99. The zero-order valence-corrected chi connectivity index (χ0v) is 18.2. The van der Waals surface area contributed by atoms with Gasteiger partial charge >= 0.3 is 17.9 Å². The first-order valence-electron chi connectivity index (χ1n) is 8.81. The summed E-state index contributed by atoms with van der Waals surface area (Å²) in [6.45, 7) is 4.54. The molecule has 0 unspecified atom stereocenters. The van der Waals surface area contributed by atoms with Crippen molar-refractivity contribution in [1.29, 1.82) is 0 Å². The first-order chi connectivity index (χ1) is 13.5. The molecule has 0 radical (unpaired) electrons. The SMILES string of the molecule is CC(=O)N[C@H]1[C@@H](OC(C)=O)[C@@H](OC(C)=O)[C@@H](COC(C)=O)O[C@H]1SC[C@H](O)CCl. The molecule has 0 aromatic carbocycles. The lowest BCUT2D eigenvalue weighted by Gasteiger charge is -2.45. The van der Waals surface area contributed by atoms with Crippen molar-refractivity contribution < 1.29 is 43.2 Å². The summed E-state index contributed by atoms with van der Waals surface area (Å²) in [5, 5.41) is 12.4. The van der Waals surface area contributed by atoms with Crippen molar-refractivity contribution in [2.45, 2.75) is 63.6 Å². The predicted molar refractivity (Wildman–Crippen MR) is 103 cm³/mol. The Morgan fingerprint density at radius 1 is 1.07 bits per heavy atom. The molecule has 1 fully saturated rings. The Labute approximate surface area is 177 Å². The Kier molecular flexibility index (Phi) is 10.7. The van der Waals surface area contributed by atoms with Crippen LogP contribution in [0.3, 0.4) is 0 Å². The van der Waals surface area contributed by atoms with E-state index in [1.165, 1.54) is 27.7 Å². The van der Waals surface area contributed by atoms with Crippen LogP contribution in [0.25, 0.3) is 0 Å². The number of halogens is 1. The number of esters is 3. The van der Waals surface area contributed by atoms with Gasteiger partial charge in [-0.3, -0.25) is 19.2 Å². The third-order valence-electron chi connectivity index (χ3n) is 3.70. The number of aliphatic hydroxyl groups excluding tert-OH is 1. The summed E-state index contributed by atoms with van der Waals surface area (Å²) in [5.74, 6) is -2.20. The van der Waals surface area contributed by atoms with Crippen LogP contribution in [-0.4, -0.2) is 83.1 Å². The highest BCUT2D eigenvalue weighted by Crippen LogP contribution is 2.33. The van der Waals surface area contributed by atoms with Crippen molar-refractivity contribution in [3.05, 3.63) is 0 Å². The minimum Gasteiger partial charge on any atom is -0.463 e. The summed E-state index contributed by atoms with van der Waals surface area (Å²) < 4.78 is 21.6. The number of carbonyl (C=O) groups is 4. The van der Waals surface area contributed by atoms with E-state index in [9.17, 15) is 24.3 Å². The second-order valence-corrected chi connectivity index (χ2v) is 7.80. The van der Waals surface area contributed by atoms with Gasteiger partial charge in [-0.05, 0) is 0 Å². The number of alkyl halides is 1. The van der Waals surface area contributed by atoms with E-state index >= 15 is 0 Å². The summed E-state index contributed by atoms with van der Waals surface area (Å²) in [6.07, 6.45) is -4.06. The fourth-order valence-corrected chi connectivity index (χ4v) is 4.10. The van der Waals surface area contributed by atoms with Gasteiger partial charge in [0, 0.05) is 39.3 Å². The molecular formula is C17H26ClNO9S. The number of ether oxygens (including phenoxy) is 4. The van der Waals surface area contributed by atoms with Gasteiger partial charge in [0.2, 0.25) is 5.91 Å². The smallest absolute Gasteiger partial charge is 0.303 e. The number of carbonyl (C=O) groups excluding carboxylic acids is 4. The fraction of sp³-hybridized carbons (Fsp3) is 0.765. The molecule has 1 saturated heterocycles. The second-order valence-electron chi connectivity index (χ2n) is 6.36. The van der Waals surface area contributed by atoms with E-state index in [0.29, 0.717) is 0 Å². The molecule has 29 heavy (non-hydrogen) atoms. The second kappa shape index (κ2) is 12.2. The normalized spacial score (nSPS) is 27.4. The van der Waals surface area contributed by atoms with Crippen LogP contribution < -0.4 is 5.32 Å². The lowest BCUT2D eigenvalue weighted by Crippen LogP contribution is -2.65. The minimum absolute atomic E-state index is 0.00908. The Morgan fingerprint density at radius 2 is 1.66 bits per heavy atom. The molecule has 0 aliphatic carbocycles. The van der Waals surface area contributed by atoms with Gasteiger partial charge in [-0.15, -0.1) is 23.4 Å². The van der Waals surface area contributed by atoms with E-state index in [0.717, 1.165) is 11.8 Å². The third-order valence-corrected chi connectivity index (χ3v) is 5.37. The summed E-state index contributed by atoms with van der Waals surface area (Å²) in [4.78, 5) is 46.3. The molecule has 1 aliphatic heterocycles. The Hall–Kier alpha value is -1.56. The molecule has 0 aromatic heterocycles. The number of aliphatic hydroxyl groups is 1. The molecule has 0 bridgehead atoms. The van der Waals surface area contributed by atoms with E-state index in [-0.39, 0.29) is 18.2 Å². The summed E-state index contributed by atoms with van der Waals surface area (Å²) >= 11 is 6.75. The van der Waals surface area contributed by atoms with Crippen LogP contribution >= 0.6 is 23.4 Å². The molecule has 6 atom stereocenters. The first-order valence-corrected chi connectivity index (χ1v) is 10.4. The fourth-order valence-electron chi connectivity index (χ4n) is 2.68. The van der Waals surface area contributed by atoms with Gasteiger partial charge in [0.15, 0.2) is 12.2 Å². The molecule has 166 valence electrons. The van der Waals surface area contributed by atoms with Crippen LogP contribution in [0.15, 0.2) is 0 Å². The van der Waals surface area contributed by atoms with E-state index in [1.54, 1.807) is 0 Å². The number of rotatable bonds is 9. The lowest BCUT2D eigenvalue weighted by atomic mass is 9.97. The van der Waals surface area contributed by atoms with Crippen molar-refractivity contribution in [3.63, 3.8) is 0 Å². The Balaban J connectivity index is 3.24. The first kappa shape index (κ1) is 25.5. The van der Waals surface area contributed by atoms with Crippen molar-refractivity contribution >= 4 is 47.2 Å². The van der Waals surface area contributed by atoms with E-state index in [4.69, 9.17) is 30.5 Å². The van der Waals surface area contributed by atoms with E-state index < -0.39 is 59.7 Å². The molecule has 2 N–H and O–H groups in total. The molecule has 1 amide bonds. The van der Waals surface area contributed by atoms with Crippen LogP contribution in [0.1, 0.15) is 27.7 Å². The number of thioether (sulfide) groups is 1. The van der Waals surface area contributed by atoms with Crippen molar-refractivity contribution in [1.82, 2.24) is 5.32 Å².